The predicted molar refractivity (Wildman–Crippen MR) is 74.6 cm³/mol. The van der Waals surface area contributed by atoms with Crippen molar-refractivity contribution in [3.63, 3.8) is 0 Å². The number of thioether (sulfide) groups is 1. The lowest BCUT2D eigenvalue weighted by atomic mass is 10.5. The summed E-state index contributed by atoms with van der Waals surface area (Å²) >= 11 is 6.97. The second kappa shape index (κ2) is 8.92. The average molecular weight is 305 g/mol. The van der Waals surface area contributed by atoms with Crippen LogP contribution in [-0.2, 0) is 4.79 Å². The number of carbonyl (C=O) groups is 1. The summed E-state index contributed by atoms with van der Waals surface area (Å²) in [5.74, 6) is 0.188. The van der Waals surface area contributed by atoms with E-state index < -0.39 is 0 Å². The van der Waals surface area contributed by atoms with Gasteiger partial charge in [0.15, 0.2) is 5.16 Å². The number of rotatable bonds is 8. The van der Waals surface area contributed by atoms with E-state index in [0.717, 1.165) is 12.8 Å². The average Bonchev–Trinajstić information content (AvgIpc) is 2.40. The maximum absolute atomic E-state index is 11.4. The highest BCUT2D eigenvalue weighted by atomic mass is 35.5. The smallest absolute Gasteiger partial charge is 0.321 e. The van der Waals surface area contributed by atoms with E-state index in [1.807, 2.05) is 13.8 Å². The van der Waals surface area contributed by atoms with E-state index in [2.05, 4.69) is 20.3 Å². The molecule has 0 radical (unpaired) electrons. The van der Waals surface area contributed by atoms with Crippen molar-refractivity contribution in [1.29, 1.82) is 0 Å². The number of hydrogen-bond donors (Lipinski definition) is 1. The van der Waals surface area contributed by atoms with Crippen LogP contribution in [0.1, 0.15) is 26.7 Å². The van der Waals surface area contributed by atoms with Crippen LogP contribution in [-0.4, -0.2) is 39.8 Å². The molecule has 0 spiro atoms. The lowest BCUT2D eigenvalue weighted by Gasteiger charge is -2.05. The Hall–Kier alpha value is -1.08. The fraction of sp³-hybridized carbons (Fsp3) is 0.636. The molecule has 19 heavy (non-hydrogen) atoms. The minimum atomic E-state index is -0.0561. The predicted octanol–water partition coefficient (Wildman–Crippen LogP) is 1.93. The molecular weight excluding hydrogens is 288 g/mol. The van der Waals surface area contributed by atoms with Gasteiger partial charge in [-0.25, -0.2) is 0 Å². The van der Waals surface area contributed by atoms with Crippen LogP contribution in [0, 0.1) is 0 Å². The SMILES string of the molecule is CCCNC(=O)CSc1nc(Cl)nc(OCCC)n1. The molecule has 0 unspecified atom stereocenters. The first-order chi connectivity index (χ1) is 9.15. The summed E-state index contributed by atoms with van der Waals surface area (Å²) in [6, 6.07) is 0.193. The van der Waals surface area contributed by atoms with E-state index in [1.165, 1.54) is 11.8 Å². The van der Waals surface area contributed by atoms with Gasteiger partial charge < -0.3 is 10.1 Å². The standard InChI is InChI=1S/C11H17ClN4O2S/c1-3-5-13-8(17)7-19-11-15-9(12)14-10(16-11)18-6-4-2/h3-7H2,1-2H3,(H,13,17). The zero-order chi connectivity index (χ0) is 14.1. The Morgan fingerprint density at radius 2 is 2.11 bits per heavy atom. The molecular formula is C11H17ClN4O2S. The van der Waals surface area contributed by atoms with Crippen molar-refractivity contribution in [2.45, 2.75) is 31.8 Å². The van der Waals surface area contributed by atoms with Gasteiger partial charge in [0.2, 0.25) is 11.2 Å². The Balaban J connectivity index is 2.52. The van der Waals surface area contributed by atoms with Gasteiger partial charge in [0.1, 0.15) is 0 Å². The Kier molecular flexibility index (Phi) is 7.50. The van der Waals surface area contributed by atoms with Crippen LogP contribution in [0.4, 0.5) is 0 Å². The Bertz CT molecular complexity index is 420. The monoisotopic (exact) mass is 304 g/mol. The first-order valence-corrected chi connectivity index (χ1v) is 7.46. The van der Waals surface area contributed by atoms with Crippen molar-refractivity contribution in [2.24, 2.45) is 0 Å². The highest BCUT2D eigenvalue weighted by Gasteiger charge is 2.09. The van der Waals surface area contributed by atoms with E-state index >= 15 is 0 Å². The molecule has 1 aromatic rings. The van der Waals surface area contributed by atoms with Gasteiger partial charge in [-0.2, -0.15) is 15.0 Å². The lowest BCUT2D eigenvalue weighted by Crippen LogP contribution is -2.25. The van der Waals surface area contributed by atoms with Crippen LogP contribution >= 0.6 is 23.4 Å². The van der Waals surface area contributed by atoms with Gasteiger partial charge >= 0.3 is 6.01 Å². The fourth-order valence-electron chi connectivity index (χ4n) is 1.08. The van der Waals surface area contributed by atoms with Gasteiger partial charge in [0.25, 0.3) is 0 Å². The number of nitrogens with one attached hydrogen (secondary N) is 1. The zero-order valence-electron chi connectivity index (χ0n) is 11.0. The van der Waals surface area contributed by atoms with Crippen molar-refractivity contribution in [1.82, 2.24) is 20.3 Å². The van der Waals surface area contributed by atoms with Crippen LogP contribution in [0.2, 0.25) is 5.28 Å². The molecule has 1 aromatic heterocycles. The number of ether oxygens (including phenoxy) is 1. The van der Waals surface area contributed by atoms with Crippen LogP contribution < -0.4 is 10.1 Å². The van der Waals surface area contributed by atoms with Crippen LogP contribution in [0.3, 0.4) is 0 Å². The normalized spacial score (nSPS) is 10.3. The van der Waals surface area contributed by atoms with Crippen molar-refractivity contribution in [2.75, 3.05) is 18.9 Å². The Labute approximate surface area is 121 Å². The molecule has 8 heteroatoms. The number of aromatic nitrogens is 3. The number of nitrogens with zero attached hydrogens (tertiary/aromatic N) is 3. The minimum absolute atomic E-state index is 0.0561. The van der Waals surface area contributed by atoms with Crippen molar-refractivity contribution < 1.29 is 9.53 Å². The van der Waals surface area contributed by atoms with E-state index in [9.17, 15) is 4.79 Å². The number of amides is 1. The number of halogens is 1. The van der Waals surface area contributed by atoms with Gasteiger partial charge in [-0.15, -0.1) is 0 Å². The van der Waals surface area contributed by atoms with Crippen molar-refractivity contribution >= 4 is 29.3 Å². The van der Waals surface area contributed by atoms with Gasteiger partial charge in [0.05, 0.1) is 12.4 Å². The van der Waals surface area contributed by atoms with Crippen LogP contribution in [0.15, 0.2) is 5.16 Å². The quantitative estimate of drug-likeness (QED) is 0.740. The molecule has 1 N–H and O–H groups in total. The van der Waals surface area contributed by atoms with Gasteiger partial charge in [0, 0.05) is 6.54 Å². The number of carbonyl (C=O) groups excluding carboxylic acids is 1. The fourth-order valence-corrected chi connectivity index (χ4v) is 1.94. The van der Waals surface area contributed by atoms with E-state index in [0.29, 0.717) is 18.3 Å². The topological polar surface area (TPSA) is 77.0 Å². The Morgan fingerprint density at radius 3 is 2.79 bits per heavy atom. The second-order valence-corrected chi connectivity index (χ2v) is 4.94. The molecule has 0 aliphatic heterocycles. The third kappa shape index (κ3) is 6.58. The summed E-state index contributed by atoms with van der Waals surface area (Å²) < 4.78 is 5.29. The molecule has 0 aromatic carbocycles. The molecule has 0 fully saturated rings. The second-order valence-electron chi connectivity index (χ2n) is 3.66. The van der Waals surface area contributed by atoms with Gasteiger partial charge in [-0.05, 0) is 24.4 Å². The number of hydrogen-bond acceptors (Lipinski definition) is 6. The molecule has 1 rings (SSSR count). The molecule has 1 heterocycles. The molecule has 0 saturated carbocycles. The highest BCUT2D eigenvalue weighted by molar-refractivity contribution is 7.99. The van der Waals surface area contributed by atoms with E-state index in [-0.39, 0.29) is 23.0 Å². The summed E-state index contributed by atoms with van der Waals surface area (Å²) in [7, 11) is 0. The van der Waals surface area contributed by atoms with Crippen LogP contribution in [0.5, 0.6) is 6.01 Å². The first kappa shape index (κ1) is 16.0. The summed E-state index contributed by atoms with van der Waals surface area (Å²) in [5, 5.41) is 3.22. The highest BCUT2D eigenvalue weighted by Crippen LogP contribution is 2.17. The maximum Gasteiger partial charge on any atom is 0.321 e. The Morgan fingerprint density at radius 1 is 1.32 bits per heavy atom. The lowest BCUT2D eigenvalue weighted by molar-refractivity contribution is -0.118. The maximum atomic E-state index is 11.4. The van der Waals surface area contributed by atoms with Gasteiger partial charge in [-0.1, -0.05) is 25.6 Å². The molecule has 0 bridgehead atoms. The van der Waals surface area contributed by atoms with E-state index in [4.69, 9.17) is 16.3 Å². The molecule has 0 aliphatic rings. The molecule has 0 saturated heterocycles. The third-order valence-corrected chi connectivity index (χ3v) is 2.92. The molecule has 106 valence electrons. The summed E-state index contributed by atoms with van der Waals surface area (Å²) in [4.78, 5) is 23.3. The summed E-state index contributed by atoms with van der Waals surface area (Å²) in [5.41, 5.74) is 0. The molecule has 1 amide bonds. The van der Waals surface area contributed by atoms with Crippen molar-refractivity contribution in [3.05, 3.63) is 5.28 Å². The minimum Gasteiger partial charge on any atom is -0.463 e. The third-order valence-electron chi connectivity index (χ3n) is 1.91. The summed E-state index contributed by atoms with van der Waals surface area (Å²) in [6.45, 7) is 5.16. The zero-order valence-corrected chi connectivity index (χ0v) is 12.6. The van der Waals surface area contributed by atoms with Crippen LogP contribution in [0.25, 0.3) is 0 Å². The molecule has 0 atom stereocenters. The summed E-state index contributed by atoms with van der Waals surface area (Å²) in [6.07, 6.45) is 1.76. The molecule has 6 nitrogen and oxygen atoms in total. The molecule has 0 aliphatic carbocycles. The van der Waals surface area contributed by atoms with Gasteiger partial charge in [-0.3, -0.25) is 4.79 Å². The van der Waals surface area contributed by atoms with Crippen molar-refractivity contribution in [3.8, 4) is 6.01 Å². The van der Waals surface area contributed by atoms with E-state index in [1.54, 1.807) is 0 Å². The first-order valence-electron chi connectivity index (χ1n) is 6.09. The largest absolute Gasteiger partial charge is 0.463 e.